The molecular formula is C16H15N3O2. The van der Waals surface area contributed by atoms with Gasteiger partial charge >= 0.3 is 0 Å². The maximum atomic E-state index is 12.4. The number of carbonyl (C=O) groups is 1. The number of fused-ring (bicyclic) bond motifs is 1. The average Bonchev–Trinajstić information content (AvgIpc) is 3.01. The first kappa shape index (κ1) is 13.2. The Labute approximate surface area is 121 Å². The van der Waals surface area contributed by atoms with Crippen LogP contribution in [0, 0.1) is 6.92 Å². The zero-order valence-corrected chi connectivity index (χ0v) is 11.6. The molecule has 0 unspecified atom stereocenters. The number of nitrogens with two attached hydrogens (primary N) is 1. The first-order valence-corrected chi connectivity index (χ1v) is 6.61. The van der Waals surface area contributed by atoms with Crippen molar-refractivity contribution in [1.82, 2.24) is 10.3 Å². The molecule has 0 aliphatic rings. The monoisotopic (exact) mass is 281 g/mol. The van der Waals surface area contributed by atoms with Gasteiger partial charge in [-0.15, -0.1) is 0 Å². The molecule has 5 heteroatoms. The zero-order valence-electron chi connectivity index (χ0n) is 11.6. The molecule has 0 aliphatic carbocycles. The predicted molar refractivity (Wildman–Crippen MR) is 80.8 cm³/mol. The molecule has 0 aliphatic heterocycles. The van der Waals surface area contributed by atoms with Crippen LogP contribution in [-0.2, 0) is 6.54 Å². The molecular weight excluding hydrogens is 266 g/mol. The minimum Gasteiger partial charge on any atom is -0.467 e. The molecule has 0 atom stereocenters. The van der Waals surface area contributed by atoms with Crippen LogP contribution in [0.1, 0.15) is 21.8 Å². The molecule has 1 amide bonds. The van der Waals surface area contributed by atoms with Gasteiger partial charge in [0, 0.05) is 22.7 Å². The van der Waals surface area contributed by atoms with Crippen LogP contribution in [0.25, 0.3) is 10.8 Å². The van der Waals surface area contributed by atoms with E-state index in [-0.39, 0.29) is 5.91 Å². The molecule has 3 aromatic rings. The second kappa shape index (κ2) is 5.28. The van der Waals surface area contributed by atoms with Crippen molar-refractivity contribution in [3.8, 4) is 0 Å². The van der Waals surface area contributed by atoms with Gasteiger partial charge in [-0.1, -0.05) is 6.07 Å². The van der Waals surface area contributed by atoms with Crippen molar-refractivity contribution in [2.75, 3.05) is 5.73 Å². The molecule has 0 spiro atoms. The highest BCUT2D eigenvalue weighted by atomic mass is 16.3. The van der Waals surface area contributed by atoms with E-state index in [0.717, 1.165) is 16.3 Å². The zero-order chi connectivity index (χ0) is 14.8. The highest BCUT2D eigenvalue weighted by molar-refractivity contribution is 6.09. The van der Waals surface area contributed by atoms with E-state index in [9.17, 15) is 4.79 Å². The van der Waals surface area contributed by atoms with Gasteiger partial charge in [-0.25, -0.2) is 0 Å². The molecule has 2 heterocycles. The van der Waals surface area contributed by atoms with Gasteiger partial charge in [0.05, 0.1) is 12.8 Å². The van der Waals surface area contributed by atoms with Crippen LogP contribution >= 0.6 is 0 Å². The van der Waals surface area contributed by atoms with Crippen LogP contribution in [-0.4, -0.2) is 10.9 Å². The topological polar surface area (TPSA) is 81.1 Å². The number of benzene rings is 1. The first-order chi connectivity index (χ1) is 10.2. The summed E-state index contributed by atoms with van der Waals surface area (Å²) < 4.78 is 5.19. The van der Waals surface area contributed by atoms with Crippen molar-refractivity contribution in [3.05, 3.63) is 59.8 Å². The third kappa shape index (κ3) is 2.45. The summed E-state index contributed by atoms with van der Waals surface area (Å²) in [6.07, 6.45) is 3.17. The fourth-order valence-electron chi connectivity index (χ4n) is 2.33. The fourth-order valence-corrected chi connectivity index (χ4v) is 2.33. The maximum Gasteiger partial charge on any atom is 0.270 e. The maximum absolute atomic E-state index is 12.4. The molecule has 5 nitrogen and oxygen atoms in total. The number of amides is 1. The van der Waals surface area contributed by atoms with Gasteiger partial charge in [0.25, 0.3) is 5.91 Å². The van der Waals surface area contributed by atoms with E-state index in [1.807, 2.05) is 25.1 Å². The normalized spacial score (nSPS) is 10.7. The molecule has 0 saturated heterocycles. The average molecular weight is 281 g/mol. The molecule has 106 valence electrons. The van der Waals surface area contributed by atoms with Crippen LogP contribution in [0.3, 0.4) is 0 Å². The second-order valence-electron chi connectivity index (χ2n) is 4.82. The summed E-state index contributed by atoms with van der Waals surface area (Å²) in [5.74, 6) is 0.450. The van der Waals surface area contributed by atoms with Crippen LogP contribution in [0.5, 0.6) is 0 Å². The largest absolute Gasteiger partial charge is 0.467 e. The van der Waals surface area contributed by atoms with Crippen molar-refractivity contribution in [1.29, 1.82) is 0 Å². The Kier molecular flexibility index (Phi) is 3.31. The van der Waals surface area contributed by atoms with Crippen molar-refractivity contribution in [3.63, 3.8) is 0 Å². The lowest BCUT2D eigenvalue weighted by Gasteiger charge is -2.10. The van der Waals surface area contributed by atoms with E-state index in [0.29, 0.717) is 23.7 Å². The molecule has 1 aromatic carbocycles. The van der Waals surface area contributed by atoms with Gasteiger partial charge in [-0.2, -0.15) is 0 Å². The quantitative estimate of drug-likeness (QED) is 0.723. The molecule has 3 rings (SSSR count). The number of nitrogens with zero attached hydrogens (tertiary/aromatic N) is 1. The summed E-state index contributed by atoms with van der Waals surface area (Å²) in [7, 11) is 0. The molecule has 2 aromatic heterocycles. The lowest BCUT2D eigenvalue weighted by atomic mass is 10.0. The van der Waals surface area contributed by atoms with E-state index in [4.69, 9.17) is 10.2 Å². The van der Waals surface area contributed by atoms with E-state index >= 15 is 0 Å². The summed E-state index contributed by atoms with van der Waals surface area (Å²) >= 11 is 0. The standard InChI is InChI=1S/C16H15N3O2/c1-10-4-5-13(17)12-6-7-18-15(14(10)12)16(20)19-9-11-3-2-8-21-11/h2-8H,9,17H2,1H3,(H,19,20). The van der Waals surface area contributed by atoms with Crippen molar-refractivity contribution in [2.45, 2.75) is 13.5 Å². The molecule has 21 heavy (non-hydrogen) atoms. The second-order valence-corrected chi connectivity index (χ2v) is 4.82. The summed E-state index contributed by atoms with van der Waals surface area (Å²) in [5.41, 5.74) is 7.95. The number of hydrogen-bond donors (Lipinski definition) is 2. The molecule has 0 bridgehead atoms. The Bertz CT molecular complexity index is 795. The Morgan fingerprint density at radius 3 is 2.95 bits per heavy atom. The lowest BCUT2D eigenvalue weighted by molar-refractivity contribution is 0.0945. The number of nitrogen functional groups attached to an aromatic ring is 1. The third-order valence-corrected chi connectivity index (χ3v) is 3.39. The van der Waals surface area contributed by atoms with E-state index in [2.05, 4.69) is 10.3 Å². The van der Waals surface area contributed by atoms with Crippen LogP contribution < -0.4 is 11.1 Å². The molecule has 3 N–H and O–H groups in total. The van der Waals surface area contributed by atoms with E-state index < -0.39 is 0 Å². The highest BCUT2D eigenvalue weighted by Crippen LogP contribution is 2.26. The van der Waals surface area contributed by atoms with Crippen LogP contribution in [0.2, 0.25) is 0 Å². The van der Waals surface area contributed by atoms with Crippen LogP contribution in [0.15, 0.2) is 47.2 Å². The van der Waals surface area contributed by atoms with E-state index in [1.54, 1.807) is 24.6 Å². The number of rotatable bonds is 3. The Morgan fingerprint density at radius 2 is 2.19 bits per heavy atom. The fraction of sp³-hybridized carbons (Fsp3) is 0.125. The first-order valence-electron chi connectivity index (χ1n) is 6.61. The minimum absolute atomic E-state index is 0.245. The lowest BCUT2D eigenvalue weighted by Crippen LogP contribution is -2.24. The van der Waals surface area contributed by atoms with Gasteiger partial charge in [0.2, 0.25) is 0 Å². The van der Waals surface area contributed by atoms with Gasteiger partial charge in [-0.05, 0) is 36.8 Å². The number of aryl methyl sites for hydroxylation is 1. The van der Waals surface area contributed by atoms with Crippen molar-refractivity contribution < 1.29 is 9.21 Å². The number of anilines is 1. The Morgan fingerprint density at radius 1 is 1.33 bits per heavy atom. The van der Waals surface area contributed by atoms with Crippen LogP contribution in [0.4, 0.5) is 5.69 Å². The Hall–Kier alpha value is -2.82. The number of furan rings is 1. The third-order valence-electron chi connectivity index (χ3n) is 3.39. The molecule has 0 radical (unpaired) electrons. The van der Waals surface area contributed by atoms with Crippen molar-refractivity contribution >= 4 is 22.4 Å². The molecule has 0 fully saturated rings. The van der Waals surface area contributed by atoms with Gasteiger partial charge in [0.15, 0.2) is 0 Å². The summed E-state index contributed by atoms with van der Waals surface area (Å²) in [4.78, 5) is 16.6. The van der Waals surface area contributed by atoms with E-state index in [1.165, 1.54) is 0 Å². The SMILES string of the molecule is Cc1ccc(N)c2ccnc(C(=O)NCc3ccco3)c12. The number of pyridine rings is 1. The predicted octanol–water partition coefficient (Wildman–Crippen LogP) is 2.65. The summed E-state index contributed by atoms with van der Waals surface area (Å²) in [6.45, 7) is 2.26. The number of aromatic nitrogens is 1. The molecule has 0 saturated carbocycles. The summed E-state index contributed by atoms with van der Waals surface area (Å²) in [5, 5.41) is 4.43. The smallest absolute Gasteiger partial charge is 0.270 e. The van der Waals surface area contributed by atoms with Gasteiger partial charge < -0.3 is 15.5 Å². The number of hydrogen-bond acceptors (Lipinski definition) is 4. The minimum atomic E-state index is -0.245. The number of carbonyl (C=O) groups excluding carboxylic acids is 1. The van der Waals surface area contributed by atoms with Gasteiger partial charge in [-0.3, -0.25) is 9.78 Å². The van der Waals surface area contributed by atoms with Gasteiger partial charge in [0.1, 0.15) is 11.5 Å². The summed E-state index contributed by atoms with van der Waals surface area (Å²) in [6, 6.07) is 9.13. The Balaban J connectivity index is 1.96. The van der Waals surface area contributed by atoms with Crippen molar-refractivity contribution in [2.24, 2.45) is 0 Å². The number of nitrogens with one attached hydrogen (secondary N) is 1. The highest BCUT2D eigenvalue weighted by Gasteiger charge is 2.14.